The molecule has 0 fully saturated rings. The standard InChI is InChI=1S/C13H17NO4S/c1-9(2)18-7-3-4-10-5-6-11-12(8-10)19(16,17)14-13(11)15/h5-6,8-9H,3-4,7H2,1-2H3,(H,14,15). The Bertz CT molecular complexity index is 593. The molecular formula is C13H17NO4S. The monoisotopic (exact) mass is 283 g/mol. The van der Waals surface area contributed by atoms with E-state index in [0.29, 0.717) is 6.61 Å². The van der Waals surface area contributed by atoms with E-state index in [1.54, 1.807) is 18.2 Å². The lowest BCUT2D eigenvalue weighted by atomic mass is 10.1. The number of amides is 1. The van der Waals surface area contributed by atoms with E-state index in [9.17, 15) is 13.2 Å². The molecule has 0 unspecified atom stereocenters. The molecule has 5 nitrogen and oxygen atoms in total. The van der Waals surface area contributed by atoms with Crippen LogP contribution >= 0.6 is 0 Å². The Morgan fingerprint density at radius 1 is 1.32 bits per heavy atom. The first kappa shape index (κ1) is 14.0. The predicted octanol–water partition coefficient (Wildman–Crippen LogP) is 1.48. The summed E-state index contributed by atoms with van der Waals surface area (Å²) in [5.74, 6) is -0.551. The summed E-state index contributed by atoms with van der Waals surface area (Å²) in [7, 11) is -3.65. The lowest BCUT2D eigenvalue weighted by Crippen LogP contribution is -2.20. The summed E-state index contributed by atoms with van der Waals surface area (Å²) >= 11 is 0. The van der Waals surface area contributed by atoms with Crippen molar-refractivity contribution in [2.75, 3.05) is 6.61 Å². The second-order valence-electron chi connectivity index (χ2n) is 4.79. The maximum Gasteiger partial charge on any atom is 0.266 e. The van der Waals surface area contributed by atoms with Crippen LogP contribution in [-0.2, 0) is 21.2 Å². The van der Waals surface area contributed by atoms with Gasteiger partial charge in [-0.25, -0.2) is 13.1 Å². The number of hydrogen-bond donors (Lipinski definition) is 1. The summed E-state index contributed by atoms with van der Waals surface area (Å²) in [4.78, 5) is 11.5. The molecule has 0 radical (unpaired) electrons. The number of benzene rings is 1. The zero-order chi connectivity index (χ0) is 14.0. The van der Waals surface area contributed by atoms with Crippen molar-refractivity contribution in [3.05, 3.63) is 29.3 Å². The van der Waals surface area contributed by atoms with Crippen molar-refractivity contribution in [2.24, 2.45) is 0 Å². The first-order valence-corrected chi connectivity index (χ1v) is 7.70. The zero-order valence-corrected chi connectivity index (χ0v) is 11.8. The van der Waals surface area contributed by atoms with E-state index >= 15 is 0 Å². The maximum absolute atomic E-state index is 11.7. The third kappa shape index (κ3) is 3.13. The number of fused-ring (bicyclic) bond motifs is 1. The van der Waals surface area contributed by atoms with Crippen LogP contribution in [0.25, 0.3) is 0 Å². The summed E-state index contributed by atoms with van der Waals surface area (Å²) in [5, 5.41) is 0. The molecule has 0 spiro atoms. The molecule has 0 aliphatic carbocycles. The minimum atomic E-state index is -3.65. The van der Waals surface area contributed by atoms with E-state index < -0.39 is 15.9 Å². The Balaban J connectivity index is 2.08. The fraction of sp³-hybridized carbons (Fsp3) is 0.462. The van der Waals surface area contributed by atoms with Crippen LogP contribution in [0.5, 0.6) is 0 Å². The van der Waals surface area contributed by atoms with Gasteiger partial charge in [0.05, 0.1) is 11.7 Å². The molecular weight excluding hydrogens is 266 g/mol. The van der Waals surface area contributed by atoms with Crippen molar-refractivity contribution in [1.29, 1.82) is 0 Å². The SMILES string of the molecule is CC(C)OCCCc1ccc2c(c1)S(=O)(=O)NC2=O. The third-order valence-electron chi connectivity index (χ3n) is 2.87. The van der Waals surface area contributed by atoms with Crippen molar-refractivity contribution >= 4 is 15.9 Å². The molecule has 1 aromatic carbocycles. The number of rotatable bonds is 5. The minimum absolute atomic E-state index is 0.0831. The van der Waals surface area contributed by atoms with Gasteiger partial charge in [-0.05, 0) is 44.4 Å². The first-order valence-electron chi connectivity index (χ1n) is 6.22. The summed E-state index contributed by atoms with van der Waals surface area (Å²) in [6.45, 7) is 4.58. The predicted molar refractivity (Wildman–Crippen MR) is 70.5 cm³/mol. The van der Waals surface area contributed by atoms with Crippen LogP contribution in [0.3, 0.4) is 0 Å². The average molecular weight is 283 g/mol. The molecule has 0 bridgehead atoms. The van der Waals surface area contributed by atoms with Gasteiger partial charge in [0.1, 0.15) is 4.90 Å². The number of hydrogen-bond acceptors (Lipinski definition) is 4. The molecule has 2 rings (SSSR count). The Kier molecular flexibility index (Phi) is 3.91. The van der Waals surface area contributed by atoms with E-state index in [2.05, 4.69) is 0 Å². The van der Waals surface area contributed by atoms with Gasteiger partial charge < -0.3 is 4.74 Å². The highest BCUT2D eigenvalue weighted by Crippen LogP contribution is 2.24. The largest absolute Gasteiger partial charge is 0.379 e. The van der Waals surface area contributed by atoms with Gasteiger partial charge in [-0.1, -0.05) is 6.07 Å². The molecule has 0 saturated heterocycles. The maximum atomic E-state index is 11.7. The van der Waals surface area contributed by atoms with Crippen LogP contribution in [0, 0.1) is 0 Å². The van der Waals surface area contributed by atoms with E-state index in [1.807, 2.05) is 18.6 Å². The molecule has 1 aliphatic heterocycles. The fourth-order valence-electron chi connectivity index (χ4n) is 1.96. The van der Waals surface area contributed by atoms with Gasteiger partial charge in [0.15, 0.2) is 0 Å². The van der Waals surface area contributed by atoms with Gasteiger partial charge in [0, 0.05) is 6.61 Å². The highest BCUT2D eigenvalue weighted by Gasteiger charge is 2.32. The van der Waals surface area contributed by atoms with Crippen LogP contribution in [0.1, 0.15) is 36.2 Å². The van der Waals surface area contributed by atoms with Crippen molar-refractivity contribution < 1.29 is 17.9 Å². The average Bonchev–Trinajstić information content (AvgIpc) is 2.55. The molecule has 1 heterocycles. The normalized spacial score (nSPS) is 16.5. The Labute approximate surface area is 113 Å². The summed E-state index contributed by atoms with van der Waals surface area (Å²) in [6.07, 6.45) is 1.74. The Hall–Kier alpha value is -1.40. The Morgan fingerprint density at radius 2 is 2.05 bits per heavy atom. The number of carbonyl (C=O) groups excluding carboxylic acids is 1. The van der Waals surface area contributed by atoms with Gasteiger partial charge in [-0.2, -0.15) is 0 Å². The number of carbonyl (C=O) groups is 1. The van der Waals surface area contributed by atoms with Gasteiger partial charge in [-0.15, -0.1) is 0 Å². The second-order valence-corrected chi connectivity index (χ2v) is 6.44. The van der Waals surface area contributed by atoms with Crippen molar-refractivity contribution in [3.63, 3.8) is 0 Å². The van der Waals surface area contributed by atoms with E-state index in [0.717, 1.165) is 18.4 Å². The smallest absolute Gasteiger partial charge is 0.266 e. The van der Waals surface area contributed by atoms with Crippen LogP contribution in [0.4, 0.5) is 0 Å². The summed E-state index contributed by atoms with van der Waals surface area (Å²) in [5.41, 5.74) is 1.12. The summed E-state index contributed by atoms with van der Waals surface area (Å²) in [6, 6.07) is 4.92. The van der Waals surface area contributed by atoms with Gasteiger partial charge in [-0.3, -0.25) is 4.79 Å². The highest BCUT2D eigenvalue weighted by atomic mass is 32.2. The second kappa shape index (κ2) is 5.30. The topological polar surface area (TPSA) is 72.5 Å². The number of aryl methyl sites for hydroxylation is 1. The molecule has 0 atom stereocenters. The molecule has 6 heteroatoms. The van der Waals surface area contributed by atoms with E-state index in [1.165, 1.54) is 0 Å². The van der Waals surface area contributed by atoms with E-state index in [-0.39, 0.29) is 16.6 Å². The molecule has 104 valence electrons. The molecule has 1 amide bonds. The van der Waals surface area contributed by atoms with Gasteiger partial charge in [0.25, 0.3) is 15.9 Å². The van der Waals surface area contributed by atoms with Crippen molar-refractivity contribution in [3.8, 4) is 0 Å². The molecule has 0 aromatic heterocycles. The van der Waals surface area contributed by atoms with Gasteiger partial charge in [0.2, 0.25) is 0 Å². The van der Waals surface area contributed by atoms with Crippen LogP contribution in [0.15, 0.2) is 23.1 Å². The zero-order valence-electron chi connectivity index (χ0n) is 11.0. The molecule has 1 N–H and O–H groups in total. The Morgan fingerprint density at radius 3 is 2.74 bits per heavy atom. The quantitative estimate of drug-likeness (QED) is 0.831. The summed E-state index contributed by atoms with van der Waals surface area (Å²) < 4.78 is 30.8. The van der Waals surface area contributed by atoms with Crippen LogP contribution in [0.2, 0.25) is 0 Å². The molecule has 0 saturated carbocycles. The number of nitrogens with one attached hydrogen (secondary N) is 1. The fourth-order valence-corrected chi connectivity index (χ4v) is 3.18. The molecule has 1 aromatic rings. The van der Waals surface area contributed by atoms with Crippen LogP contribution < -0.4 is 4.72 Å². The lowest BCUT2D eigenvalue weighted by Gasteiger charge is -2.07. The first-order chi connectivity index (χ1) is 8.90. The number of ether oxygens (including phenoxy) is 1. The highest BCUT2D eigenvalue weighted by molar-refractivity contribution is 7.90. The number of sulfonamides is 1. The van der Waals surface area contributed by atoms with Crippen molar-refractivity contribution in [2.45, 2.75) is 37.7 Å². The van der Waals surface area contributed by atoms with Gasteiger partial charge >= 0.3 is 0 Å². The van der Waals surface area contributed by atoms with Crippen molar-refractivity contribution in [1.82, 2.24) is 4.72 Å². The molecule has 1 aliphatic rings. The minimum Gasteiger partial charge on any atom is -0.379 e. The molecule has 19 heavy (non-hydrogen) atoms. The van der Waals surface area contributed by atoms with Crippen LogP contribution in [-0.4, -0.2) is 27.0 Å². The third-order valence-corrected chi connectivity index (χ3v) is 4.24. The lowest BCUT2D eigenvalue weighted by molar-refractivity contribution is 0.0772. The van der Waals surface area contributed by atoms with E-state index in [4.69, 9.17) is 4.74 Å².